The summed E-state index contributed by atoms with van der Waals surface area (Å²) in [6, 6.07) is 24.3. The van der Waals surface area contributed by atoms with E-state index in [1.54, 1.807) is 12.1 Å². The number of ether oxygens (including phenoxy) is 1. The highest BCUT2D eigenvalue weighted by Gasteiger charge is 2.24. The summed E-state index contributed by atoms with van der Waals surface area (Å²) in [7, 11) is 0. The van der Waals surface area contributed by atoms with Crippen molar-refractivity contribution in [3.05, 3.63) is 95.6 Å². The van der Waals surface area contributed by atoms with Crippen LogP contribution in [0.1, 0.15) is 34.8 Å². The van der Waals surface area contributed by atoms with Crippen LogP contribution in [0.4, 0.5) is 0 Å². The molecule has 3 aromatic carbocycles. The largest absolute Gasteiger partial charge is 0.478 e. The molecule has 1 heterocycles. The second-order valence-corrected chi connectivity index (χ2v) is 9.12. The van der Waals surface area contributed by atoms with Gasteiger partial charge in [-0.15, -0.1) is 0 Å². The molecule has 1 fully saturated rings. The Morgan fingerprint density at radius 3 is 2.22 bits per heavy atom. The van der Waals surface area contributed by atoms with E-state index in [1.165, 1.54) is 0 Å². The molecule has 0 radical (unpaired) electrons. The van der Waals surface area contributed by atoms with Crippen molar-refractivity contribution in [2.24, 2.45) is 0 Å². The van der Waals surface area contributed by atoms with Gasteiger partial charge in [0.15, 0.2) is 0 Å². The highest BCUT2D eigenvalue weighted by molar-refractivity contribution is 5.87. The minimum Gasteiger partial charge on any atom is -0.478 e. The number of aromatic carboxylic acids is 1. The van der Waals surface area contributed by atoms with Gasteiger partial charge < -0.3 is 15.2 Å². The fraction of sp³-hybridized carbons (Fsp3) is 0.310. The Labute approximate surface area is 212 Å². The average molecular weight is 488 g/mol. The zero-order valence-corrected chi connectivity index (χ0v) is 20.6. The minimum absolute atomic E-state index is 0.0253. The Morgan fingerprint density at radius 2 is 1.53 bits per heavy atom. The van der Waals surface area contributed by atoms with Crippen molar-refractivity contribution < 1.29 is 19.4 Å². The van der Waals surface area contributed by atoms with Crippen molar-refractivity contribution in [2.75, 3.05) is 26.2 Å². The predicted molar refractivity (Wildman–Crippen MR) is 139 cm³/mol. The van der Waals surface area contributed by atoms with Crippen molar-refractivity contribution in [3.8, 4) is 11.5 Å². The number of carboxylic acids is 1. The van der Waals surface area contributed by atoms with Crippen molar-refractivity contribution in [1.82, 2.24) is 15.1 Å². The summed E-state index contributed by atoms with van der Waals surface area (Å²) >= 11 is 0. The summed E-state index contributed by atoms with van der Waals surface area (Å²) in [6.07, 6.45) is 0.980. The maximum absolute atomic E-state index is 12.9. The van der Waals surface area contributed by atoms with E-state index in [2.05, 4.69) is 15.1 Å². The number of nitrogens with zero attached hydrogens (tertiary/aromatic N) is 2. The lowest BCUT2D eigenvalue weighted by molar-refractivity contribution is -0.126. The third-order valence-corrected chi connectivity index (χ3v) is 6.53. The van der Waals surface area contributed by atoms with Gasteiger partial charge in [0.1, 0.15) is 11.5 Å². The van der Waals surface area contributed by atoms with Crippen molar-refractivity contribution in [3.63, 3.8) is 0 Å². The molecule has 1 saturated heterocycles. The van der Waals surface area contributed by atoms with Crippen LogP contribution in [-0.2, 0) is 17.9 Å². The van der Waals surface area contributed by atoms with Crippen LogP contribution < -0.4 is 10.1 Å². The van der Waals surface area contributed by atoms with Crippen LogP contribution >= 0.6 is 0 Å². The maximum atomic E-state index is 12.9. The zero-order valence-electron chi connectivity index (χ0n) is 20.6. The maximum Gasteiger partial charge on any atom is 0.335 e. The number of carboxylic acid groups (broad SMARTS) is 1. The minimum atomic E-state index is -0.909. The predicted octanol–water partition coefficient (Wildman–Crippen LogP) is 4.39. The van der Waals surface area contributed by atoms with Crippen LogP contribution in [0, 0.1) is 0 Å². The van der Waals surface area contributed by atoms with E-state index in [4.69, 9.17) is 9.84 Å². The number of hydrogen-bond donors (Lipinski definition) is 2. The molecule has 7 heteroatoms. The van der Waals surface area contributed by atoms with Gasteiger partial charge in [-0.25, -0.2) is 4.79 Å². The van der Waals surface area contributed by atoms with E-state index in [0.29, 0.717) is 12.1 Å². The van der Waals surface area contributed by atoms with Gasteiger partial charge in [-0.05, 0) is 67.4 Å². The summed E-state index contributed by atoms with van der Waals surface area (Å²) in [5, 5.41) is 12.1. The van der Waals surface area contributed by atoms with E-state index in [1.807, 2.05) is 73.7 Å². The van der Waals surface area contributed by atoms with Crippen LogP contribution in [-0.4, -0.2) is 59.0 Å². The summed E-state index contributed by atoms with van der Waals surface area (Å²) in [4.78, 5) is 28.5. The molecule has 1 unspecified atom stereocenters. The number of rotatable bonds is 9. The second kappa shape index (κ2) is 12.3. The molecular formula is C29H33N3O4. The van der Waals surface area contributed by atoms with E-state index < -0.39 is 5.97 Å². The topological polar surface area (TPSA) is 82.1 Å². The first-order valence-electron chi connectivity index (χ1n) is 12.4. The third-order valence-electron chi connectivity index (χ3n) is 6.53. The van der Waals surface area contributed by atoms with Crippen LogP contribution in [0.3, 0.4) is 0 Å². The van der Waals surface area contributed by atoms with Gasteiger partial charge >= 0.3 is 5.97 Å². The number of nitrogens with one attached hydrogen (secondary N) is 1. The molecule has 1 amide bonds. The number of amides is 1. The third kappa shape index (κ3) is 7.16. The molecule has 4 rings (SSSR count). The van der Waals surface area contributed by atoms with Crippen molar-refractivity contribution in [2.45, 2.75) is 32.5 Å². The Morgan fingerprint density at radius 1 is 0.861 bits per heavy atom. The van der Waals surface area contributed by atoms with Crippen LogP contribution in [0.15, 0.2) is 78.9 Å². The summed E-state index contributed by atoms with van der Waals surface area (Å²) in [5.74, 6) is 0.668. The van der Waals surface area contributed by atoms with Gasteiger partial charge in [-0.3, -0.25) is 14.6 Å². The zero-order chi connectivity index (χ0) is 25.3. The van der Waals surface area contributed by atoms with E-state index in [9.17, 15) is 9.59 Å². The normalized spacial score (nSPS) is 15.6. The number of benzene rings is 3. The lowest BCUT2D eigenvalue weighted by Crippen LogP contribution is -2.46. The van der Waals surface area contributed by atoms with Crippen molar-refractivity contribution in [1.29, 1.82) is 0 Å². The first-order valence-corrected chi connectivity index (χ1v) is 12.4. The second-order valence-electron chi connectivity index (χ2n) is 9.12. The van der Waals surface area contributed by atoms with Crippen LogP contribution in [0.25, 0.3) is 0 Å². The van der Waals surface area contributed by atoms with Gasteiger partial charge in [0, 0.05) is 32.7 Å². The molecule has 3 aromatic rings. The molecule has 0 spiro atoms. The molecule has 36 heavy (non-hydrogen) atoms. The molecule has 1 aliphatic heterocycles. The molecular weight excluding hydrogens is 454 g/mol. The number of hydrogen-bond acceptors (Lipinski definition) is 5. The SMILES string of the molecule is CC(C(=O)NCc1ccc(Oc2ccccc2)cc1)N1CCCN(Cc2ccc(C(=O)O)cc2)CC1. The highest BCUT2D eigenvalue weighted by Crippen LogP contribution is 2.21. The van der Waals surface area contributed by atoms with Crippen molar-refractivity contribution >= 4 is 11.9 Å². The van der Waals surface area contributed by atoms with E-state index in [-0.39, 0.29) is 11.9 Å². The molecule has 0 aromatic heterocycles. The molecule has 0 aliphatic carbocycles. The highest BCUT2D eigenvalue weighted by atomic mass is 16.5. The Balaban J connectivity index is 1.22. The van der Waals surface area contributed by atoms with Gasteiger partial charge in [-0.1, -0.05) is 42.5 Å². The average Bonchev–Trinajstić information content (AvgIpc) is 3.14. The van der Waals surface area contributed by atoms with Gasteiger partial charge in [-0.2, -0.15) is 0 Å². The molecule has 188 valence electrons. The fourth-order valence-electron chi connectivity index (χ4n) is 4.35. The smallest absolute Gasteiger partial charge is 0.335 e. The summed E-state index contributed by atoms with van der Waals surface area (Å²) < 4.78 is 5.83. The van der Waals surface area contributed by atoms with E-state index in [0.717, 1.165) is 61.8 Å². The number of carbonyl (C=O) groups excluding carboxylic acids is 1. The first kappa shape index (κ1) is 25.4. The lowest BCUT2D eigenvalue weighted by atomic mass is 10.1. The molecule has 2 N–H and O–H groups in total. The number of carbonyl (C=O) groups is 2. The summed E-state index contributed by atoms with van der Waals surface area (Å²) in [6.45, 7) is 6.71. The van der Waals surface area contributed by atoms with Gasteiger partial charge in [0.05, 0.1) is 11.6 Å². The number of para-hydroxylation sites is 1. The quantitative estimate of drug-likeness (QED) is 0.466. The summed E-state index contributed by atoms with van der Waals surface area (Å²) in [5.41, 5.74) is 2.42. The van der Waals surface area contributed by atoms with Gasteiger partial charge in [0.25, 0.3) is 0 Å². The standard InChI is InChI=1S/C29H33N3O4/c1-22(28(33)30-20-23-10-14-27(15-11-23)36-26-6-3-2-4-7-26)32-17-5-16-31(18-19-32)21-24-8-12-25(13-9-24)29(34)35/h2-4,6-15,22H,5,16-21H2,1H3,(H,30,33)(H,34,35). The molecule has 7 nitrogen and oxygen atoms in total. The van der Waals surface area contributed by atoms with Crippen LogP contribution in [0.2, 0.25) is 0 Å². The Bertz CT molecular complexity index is 1130. The van der Waals surface area contributed by atoms with Gasteiger partial charge in [0.2, 0.25) is 5.91 Å². The monoisotopic (exact) mass is 487 g/mol. The molecule has 1 aliphatic rings. The Hall–Kier alpha value is -3.68. The lowest BCUT2D eigenvalue weighted by Gasteiger charge is -2.27. The first-order chi connectivity index (χ1) is 17.5. The molecule has 0 saturated carbocycles. The Kier molecular flexibility index (Phi) is 8.71. The molecule has 0 bridgehead atoms. The van der Waals surface area contributed by atoms with E-state index >= 15 is 0 Å². The van der Waals surface area contributed by atoms with Crippen LogP contribution in [0.5, 0.6) is 11.5 Å². The fourth-order valence-corrected chi connectivity index (χ4v) is 4.35. The molecule has 1 atom stereocenters.